The van der Waals surface area contributed by atoms with Crippen molar-refractivity contribution < 1.29 is 4.79 Å². The van der Waals surface area contributed by atoms with Crippen LogP contribution in [0.2, 0.25) is 0 Å². The van der Waals surface area contributed by atoms with Gasteiger partial charge in [0, 0.05) is 25.5 Å². The lowest BCUT2D eigenvalue weighted by atomic mass is 10.1. The van der Waals surface area contributed by atoms with Gasteiger partial charge >= 0.3 is 0 Å². The van der Waals surface area contributed by atoms with Gasteiger partial charge in [0.25, 0.3) is 5.91 Å². The summed E-state index contributed by atoms with van der Waals surface area (Å²) in [6, 6.07) is 22.3. The predicted molar refractivity (Wildman–Crippen MR) is 124 cm³/mol. The monoisotopic (exact) mass is 425 g/mol. The zero-order valence-corrected chi connectivity index (χ0v) is 18.0. The van der Waals surface area contributed by atoms with E-state index in [9.17, 15) is 4.79 Å². The molecular weight excluding hydrogens is 398 g/mol. The van der Waals surface area contributed by atoms with Crippen LogP contribution in [0.1, 0.15) is 46.5 Å². The molecule has 4 aromatic rings. The first-order valence-corrected chi connectivity index (χ1v) is 11.2. The number of aromatic nitrogens is 3. The zero-order chi connectivity index (χ0) is 21.8. The molecule has 1 aliphatic heterocycles. The Morgan fingerprint density at radius 3 is 2.72 bits per heavy atom. The van der Waals surface area contributed by atoms with E-state index in [-0.39, 0.29) is 11.9 Å². The van der Waals surface area contributed by atoms with Crippen LogP contribution in [0.5, 0.6) is 0 Å². The van der Waals surface area contributed by atoms with Crippen LogP contribution in [-0.2, 0) is 13.0 Å². The number of amides is 1. The molecule has 1 amide bonds. The standard InChI is InChI=1S/C26H27N5O/c32-26(28-16-14-20-9-2-1-3-10-20)24-22-12-5-7-18-31(22)25(29-24)23-13-8-17-30(23)19-21-11-4-6-15-27-21/h1-7,9-12,15,18,23H,8,13-14,16-17,19H2,(H,28,32)/t23-/m0/s1. The Labute approximate surface area is 187 Å². The number of likely N-dealkylation sites (tertiary alicyclic amines) is 1. The van der Waals surface area contributed by atoms with Crippen LogP contribution in [0.3, 0.4) is 0 Å². The van der Waals surface area contributed by atoms with E-state index in [0.717, 1.165) is 49.4 Å². The van der Waals surface area contributed by atoms with Crippen molar-refractivity contribution in [2.24, 2.45) is 0 Å². The van der Waals surface area contributed by atoms with Crippen molar-refractivity contribution >= 4 is 11.4 Å². The van der Waals surface area contributed by atoms with Crippen LogP contribution in [0, 0.1) is 0 Å². The molecule has 4 heterocycles. The fourth-order valence-corrected chi connectivity index (χ4v) is 4.52. The van der Waals surface area contributed by atoms with E-state index in [4.69, 9.17) is 4.98 Å². The number of nitrogens with one attached hydrogen (secondary N) is 1. The van der Waals surface area contributed by atoms with Gasteiger partial charge in [0.2, 0.25) is 0 Å². The van der Waals surface area contributed by atoms with Gasteiger partial charge in [-0.25, -0.2) is 4.98 Å². The van der Waals surface area contributed by atoms with Crippen molar-refractivity contribution in [1.29, 1.82) is 0 Å². The fourth-order valence-electron chi connectivity index (χ4n) is 4.52. The number of carbonyl (C=O) groups excluding carboxylic acids is 1. The van der Waals surface area contributed by atoms with Crippen molar-refractivity contribution in [3.63, 3.8) is 0 Å². The molecule has 1 aromatic carbocycles. The second kappa shape index (κ2) is 9.32. The van der Waals surface area contributed by atoms with Crippen molar-refractivity contribution in [3.05, 3.63) is 102 Å². The molecule has 3 aromatic heterocycles. The molecule has 0 radical (unpaired) electrons. The highest BCUT2D eigenvalue weighted by atomic mass is 16.1. The van der Waals surface area contributed by atoms with Crippen LogP contribution in [0.4, 0.5) is 0 Å². The lowest BCUT2D eigenvalue weighted by molar-refractivity contribution is 0.0951. The Balaban J connectivity index is 1.37. The average molecular weight is 426 g/mol. The van der Waals surface area contributed by atoms with E-state index in [0.29, 0.717) is 12.2 Å². The normalized spacial score (nSPS) is 16.4. The maximum atomic E-state index is 13.0. The smallest absolute Gasteiger partial charge is 0.272 e. The topological polar surface area (TPSA) is 62.5 Å². The molecule has 1 N–H and O–H groups in total. The molecule has 6 heteroatoms. The minimum atomic E-state index is -0.120. The Bertz CT molecular complexity index is 1190. The van der Waals surface area contributed by atoms with E-state index in [1.165, 1.54) is 5.56 Å². The van der Waals surface area contributed by atoms with Crippen LogP contribution in [0.15, 0.2) is 79.1 Å². The average Bonchev–Trinajstić information content (AvgIpc) is 3.45. The number of nitrogens with zero attached hydrogens (tertiary/aromatic N) is 4. The second-order valence-corrected chi connectivity index (χ2v) is 8.22. The van der Waals surface area contributed by atoms with Gasteiger partial charge in [0.05, 0.1) is 17.3 Å². The summed E-state index contributed by atoms with van der Waals surface area (Å²) in [5.74, 6) is 0.812. The third-order valence-electron chi connectivity index (χ3n) is 6.09. The van der Waals surface area contributed by atoms with Gasteiger partial charge in [-0.3, -0.25) is 14.7 Å². The summed E-state index contributed by atoms with van der Waals surface area (Å²) in [5, 5.41) is 3.06. The Morgan fingerprint density at radius 2 is 1.88 bits per heavy atom. The van der Waals surface area contributed by atoms with E-state index < -0.39 is 0 Å². The van der Waals surface area contributed by atoms with Crippen LogP contribution >= 0.6 is 0 Å². The quantitative estimate of drug-likeness (QED) is 0.485. The van der Waals surface area contributed by atoms with E-state index in [1.54, 1.807) is 0 Å². The molecule has 5 rings (SSSR count). The second-order valence-electron chi connectivity index (χ2n) is 8.22. The van der Waals surface area contributed by atoms with Crippen molar-refractivity contribution in [3.8, 4) is 0 Å². The predicted octanol–water partition coefficient (Wildman–Crippen LogP) is 4.04. The molecule has 0 aliphatic carbocycles. The molecule has 1 saturated heterocycles. The number of imidazole rings is 1. The number of fused-ring (bicyclic) bond motifs is 1. The van der Waals surface area contributed by atoms with E-state index in [2.05, 4.69) is 37.8 Å². The number of carbonyl (C=O) groups is 1. The molecule has 1 fully saturated rings. The van der Waals surface area contributed by atoms with Gasteiger partial charge in [0.15, 0.2) is 5.69 Å². The van der Waals surface area contributed by atoms with Gasteiger partial charge < -0.3 is 9.72 Å². The lowest BCUT2D eigenvalue weighted by Gasteiger charge is -2.23. The highest BCUT2D eigenvalue weighted by Crippen LogP contribution is 2.33. The minimum absolute atomic E-state index is 0.120. The van der Waals surface area contributed by atoms with Gasteiger partial charge in [-0.1, -0.05) is 42.5 Å². The minimum Gasteiger partial charge on any atom is -0.350 e. The molecule has 162 valence electrons. The summed E-state index contributed by atoms with van der Waals surface area (Å²) in [5.41, 5.74) is 3.61. The maximum Gasteiger partial charge on any atom is 0.272 e. The number of hydrogen-bond donors (Lipinski definition) is 1. The van der Waals surface area contributed by atoms with Crippen LogP contribution in [-0.4, -0.2) is 38.3 Å². The summed E-state index contributed by atoms with van der Waals surface area (Å²) in [7, 11) is 0. The molecule has 1 atom stereocenters. The van der Waals surface area contributed by atoms with Crippen LogP contribution in [0.25, 0.3) is 5.52 Å². The first-order chi connectivity index (χ1) is 15.8. The van der Waals surface area contributed by atoms with Crippen molar-refractivity contribution in [1.82, 2.24) is 24.6 Å². The summed E-state index contributed by atoms with van der Waals surface area (Å²) >= 11 is 0. The number of hydrogen-bond acceptors (Lipinski definition) is 4. The summed E-state index contributed by atoms with van der Waals surface area (Å²) in [6.07, 6.45) is 6.78. The number of rotatable bonds is 7. The highest BCUT2D eigenvalue weighted by molar-refractivity contribution is 5.99. The van der Waals surface area contributed by atoms with Gasteiger partial charge in [-0.05, 0) is 55.6 Å². The zero-order valence-electron chi connectivity index (χ0n) is 18.0. The molecule has 6 nitrogen and oxygen atoms in total. The lowest BCUT2D eigenvalue weighted by Crippen LogP contribution is -2.27. The van der Waals surface area contributed by atoms with Crippen molar-refractivity contribution in [2.75, 3.05) is 13.1 Å². The molecule has 0 bridgehead atoms. The number of pyridine rings is 2. The summed E-state index contributed by atoms with van der Waals surface area (Å²) in [6.45, 7) is 2.37. The van der Waals surface area contributed by atoms with E-state index >= 15 is 0 Å². The van der Waals surface area contributed by atoms with Gasteiger partial charge in [-0.2, -0.15) is 0 Å². The third-order valence-corrected chi connectivity index (χ3v) is 6.09. The van der Waals surface area contributed by atoms with Crippen molar-refractivity contribution in [2.45, 2.75) is 31.8 Å². The summed E-state index contributed by atoms with van der Waals surface area (Å²) < 4.78 is 2.08. The fraction of sp³-hybridized carbons (Fsp3) is 0.269. The Hall–Kier alpha value is -3.51. The molecule has 0 saturated carbocycles. The van der Waals surface area contributed by atoms with E-state index in [1.807, 2.05) is 60.9 Å². The largest absolute Gasteiger partial charge is 0.350 e. The first-order valence-electron chi connectivity index (χ1n) is 11.2. The molecular formula is C26H27N5O. The maximum absolute atomic E-state index is 13.0. The Morgan fingerprint density at radius 1 is 1.03 bits per heavy atom. The summed E-state index contributed by atoms with van der Waals surface area (Å²) in [4.78, 5) is 24.8. The van der Waals surface area contributed by atoms with Gasteiger partial charge in [-0.15, -0.1) is 0 Å². The molecule has 32 heavy (non-hydrogen) atoms. The highest BCUT2D eigenvalue weighted by Gasteiger charge is 2.31. The molecule has 0 spiro atoms. The Kier molecular flexibility index (Phi) is 5.94. The molecule has 0 unspecified atom stereocenters. The SMILES string of the molecule is O=C(NCCc1ccccc1)c1nc([C@@H]2CCCN2Cc2ccccn2)n2ccccc12. The number of benzene rings is 1. The third kappa shape index (κ3) is 4.27. The first kappa shape index (κ1) is 20.4. The van der Waals surface area contributed by atoms with Crippen LogP contribution < -0.4 is 5.32 Å². The molecule has 1 aliphatic rings. The van der Waals surface area contributed by atoms with Gasteiger partial charge in [0.1, 0.15) is 5.82 Å².